The van der Waals surface area contributed by atoms with Crippen molar-refractivity contribution in [1.82, 2.24) is 15.3 Å². The Kier molecular flexibility index (Phi) is 5.93. The Balaban J connectivity index is 3.03. The third-order valence-corrected chi connectivity index (χ3v) is 3.05. The highest BCUT2D eigenvalue weighted by molar-refractivity contribution is 5.48. The first-order valence-electron chi connectivity index (χ1n) is 7.52. The molecule has 0 aliphatic rings. The first kappa shape index (κ1) is 16.9. The van der Waals surface area contributed by atoms with Crippen LogP contribution in [0.4, 0.5) is 5.69 Å². The molecule has 114 valence electrons. The SMILES string of the molecule is CCNCc1nc(C(C)C)ncc1N(C)CC(C)(C)C. The summed E-state index contributed by atoms with van der Waals surface area (Å²) in [7, 11) is 2.12. The number of rotatable bonds is 6. The van der Waals surface area contributed by atoms with E-state index < -0.39 is 0 Å². The summed E-state index contributed by atoms with van der Waals surface area (Å²) >= 11 is 0. The summed E-state index contributed by atoms with van der Waals surface area (Å²) in [5.41, 5.74) is 2.48. The summed E-state index contributed by atoms with van der Waals surface area (Å²) in [6, 6.07) is 0. The van der Waals surface area contributed by atoms with E-state index in [1.54, 1.807) is 0 Å². The second kappa shape index (κ2) is 7.02. The molecule has 0 unspecified atom stereocenters. The number of hydrogen-bond acceptors (Lipinski definition) is 4. The van der Waals surface area contributed by atoms with E-state index in [1.807, 2.05) is 6.20 Å². The molecule has 1 aromatic rings. The van der Waals surface area contributed by atoms with Crippen LogP contribution in [0, 0.1) is 5.41 Å². The molecule has 1 rings (SSSR count). The van der Waals surface area contributed by atoms with Crippen molar-refractivity contribution in [1.29, 1.82) is 0 Å². The lowest BCUT2D eigenvalue weighted by atomic mass is 9.96. The van der Waals surface area contributed by atoms with Crippen molar-refractivity contribution in [3.63, 3.8) is 0 Å². The van der Waals surface area contributed by atoms with Crippen molar-refractivity contribution >= 4 is 5.69 Å². The molecule has 4 nitrogen and oxygen atoms in total. The van der Waals surface area contributed by atoms with Crippen LogP contribution in [-0.2, 0) is 6.54 Å². The molecule has 1 N–H and O–H groups in total. The van der Waals surface area contributed by atoms with Crippen molar-refractivity contribution in [3.05, 3.63) is 17.7 Å². The zero-order valence-corrected chi connectivity index (χ0v) is 14.1. The zero-order valence-electron chi connectivity index (χ0n) is 14.1. The Hall–Kier alpha value is -1.16. The first-order valence-corrected chi connectivity index (χ1v) is 7.52. The van der Waals surface area contributed by atoms with E-state index in [4.69, 9.17) is 4.98 Å². The molecule has 0 bridgehead atoms. The second-order valence-electron chi connectivity index (χ2n) is 6.91. The van der Waals surface area contributed by atoms with Gasteiger partial charge in [0, 0.05) is 26.1 Å². The number of hydrogen-bond donors (Lipinski definition) is 1. The Morgan fingerprint density at radius 3 is 2.45 bits per heavy atom. The minimum atomic E-state index is 0.251. The lowest BCUT2D eigenvalue weighted by Crippen LogP contribution is -2.31. The Morgan fingerprint density at radius 1 is 1.30 bits per heavy atom. The van der Waals surface area contributed by atoms with Gasteiger partial charge in [0.15, 0.2) is 0 Å². The molecule has 1 aromatic heterocycles. The zero-order chi connectivity index (χ0) is 15.3. The standard InChI is InChI=1S/C16H30N4/c1-8-17-9-13-14(20(7)11-16(4,5)6)10-18-15(19-13)12(2)3/h10,12,17H,8-9,11H2,1-7H3. The lowest BCUT2D eigenvalue weighted by molar-refractivity contribution is 0.418. The van der Waals surface area contributed by atoms with Crippen LogP contribution in [0.25, 0.3) is 0 Å². The maximum absolute atomic E-state index is 4.75. The molecule has 0 aliphatic heterocycles. The molecular weight excluding hydrogens is 248 g/mol. The second-order valence-corrected chi connectivity index (χ2v) is 6.91. The van der Waals surface area contributed by atoms with E-state index in [9.17, 15) is 0 Å². The predicted molar refractivity (Wildman–Crippen MR) is 86.2 cm³/mol. The maximum atomic E-state index is 4.75. The normalized spacial score (nSPS) is 12.0. The molecule has 0 saturated heterocycles. The average Bonchev–Trinajstić information content (AvgIpc) is 2.33. The van der Waals surface area contributed by atoms with Gasteiger partial charge in [-0.1, -0.05) is 41.5 Å². The minimum Gasteiger partial charge on any atom is -0.371 e. The highest BCUT2D eigenvalue weighted by Gasteiger charge is 2.18. The Bertz CT molecular complexity index is 421. The third kappa shape index (κ3) is 5.08. The summed E-state index contributed by atoms with van der Waals surface area (Å²) in [5.74, 6) is 1.28. The van der Waals surface area contributed by atoms with Crippen LogP contribution in [-0.4, -0.2) is 30.1 Å². The molecule has 0 spiro atoms. The van der Waals surface area contributed by atoms with Crippen LogP contribution in [0.3, 0.4) is 0 Å². The Morgan fingerprint density at radius 2 is 1.95 bits per heavy atom. The molecule has 0 radical (unpaired) electrons. The molecule has 0 saturated carbocycles. The van der Waals surface area contributed by atoms with Gasteiger partial charge in [0.2, 0.25) is 0 Å². The minimum absolute atomic E-state index is 0.251. The molecular formula is C16H30N4. The smallest absolute Gasteiger partial charge is 0.131 e. The maximum Gasteiger partial charge on any atom is 0.131 e. The lowest BCUT2D eigenvalue weighted by Gasteiger charge is -2.29. The molecule has 1 heterocycles. The number of nitrogens with one attached hydrogen (secondary N) is 1. The molecule has 0 fully saturated rings. The van der Waals surface area contributed by atoms with Crippen LogP contribution < -0.4 is 10.2 Å². The van der Waals surface area contributed by atoms with Crippen molar-refractivity contribution in [2.45, 2.75) is 54.0 Å². The Labute approximate surface area is 124 Å². The molecule has 0 aliphatic carbocycles. The molecule has 0 atom stereocenters. The highest BCUT2D eigenvalue weighted by Crippen LogP contribution is 2.23. The van der Waals surface area contributed by atoms with Crippen molar-refractivity contribution in [2.75, 3.05) is 25.0 Å². The van der Waals surface area contributed by atoms with E-state index in [1.165, 1.54) is 0 Å². The van der Waals surface area contributed by atoms with Gasteiger partial charge in [0.25, 0.3) is 0 Å². The van der Waals surface area contributed by atoms with Crippen LogP contribution in [0.15, 0.2) is 6.20 Å². The number of nitrogens with zero attached hydrogens (tertiary/aromatic N) is 3. The largest absolute Gasteiger partial charge is 0.371 e. The quantitative estimate of drug-likeness (QED) is 0.867. The van der Waals surface area contributed by atoms with E-state index in [0.717, 1.165) is 36.8 Å². The van der Waals surface area contributed by atoms with Gasteiger partial charge in [-0.25, -0.2) is 9.97 Å². The van der Waals surface area contributed by atoms with Crippen molar-refractivity contribution in [2.24, 2.45) is 5.41 Å². The van der Waals surface area contributed by atoms with Gasteiger partial charge in [-0.2, -0.15) is 0 Å². The molecule has 0 aromatic carbocycles. The fourth-order valence-electron chi connectivity index (χ4n) is 2.19. The van der Waals surface area contributed by atoms with Crippen LogP contribution in [0.2, 0.25) is 0 Å². The van der Waals surface area contributed by atoms with Gasteiger partial charge < -0.3 is 10.2 Å². The van der Waals surface area contributed by atoms with Gasteiger partial charge >= 0.3 is 0 Å². The van der Waals surface area contributed by atoms with Crippen LogP contribution in [0.1, 0.15) is 59.0 Å². The fourth-order valence-corrected chi connectivity index (χ4v) is 2.19. The monoisotopic (exact) mass is 278 g/mol. The summed E-state index contributed by atoms with van der Waals surface area (Å²) in [4.78, 5) is 11.5. The molecule has 0 amide bonds. The summed E-state index contributed by atoms with van der Waals surface area (Å²) in [6.45, 7) is 15.8. The molecule has 20 heavy (non-hydrogen) atoms. The average molecular weight is 278 g/mol. The third-order valence-electron chi connectivity index (χ3n) is 3.05. The fraction of sp³-hybridized carbons (Fsp3) is 0.750. The summed E-state index contributed by atoms with van der Waals surface area (Å²) in [6.07, 6.45) is 1.97. The number of aromatic nitrogens is 2. The van der Waals surface area contributed by atoms with Gasteiger partial charge in [0.05, 0.1) is 17.6 Å². The van der Waals surface area contributed by atoms with Gasteiger partial charge in [-0.15, -0.1) is 0 Å². The van der Waals surface area contributed by atoms with Gasteiger partial charge in [-0.3, -0.25) is 0 Å². The first-order chi connectivity index (χ1) is 9.24. The van der Waals surface area contributed by atoms with E-state index in [2.05, 4.69) is 63.8 Å². The van der Waals surface area contributed by atoms with Crippen molar-refractivity contribution < 1.29 is 0 Å². The number of anilines is 1. The van der Waals surface area contributed by atoms with E-state index in [0.29, 0.717) is 5.92 Å². The van der Waals surface area contributed by atoms with Gasteiger partial charge in [-0.05, 0) is 12.0 Å². The summed E-state index contributed by atoms with van der Waals surface area (Å²) < 4.78 is 0. The van der Waals surface area contributed by atoms with Gasteiger partial charge in [0.1, 0.15) is 5.82 Å². The predicted octanol–water partition coefficient (Wildman–Crippen LogP) is 3.19. The van der Waals surface area contributed by atoms with Crippen LogP contribution >= 0.6 is 0 Å². The van der Waals surface area contributed by atoms with Crippen LogP contribution in [0.5, 0.6) is 0 Å². The van der Waals surface area contributed by atoms with Crippen molar-refractivity contribution in [3.8, 4) is 0 Å². The molecule has 4 heteroatoms. The van der Waals surface area contributed by atoms with E-state index in [-0.39, 0.29) is 5.41 Å². The highest BCUT2D eigenvalue weighted by atomic mass is 15.1. The van der Waals surface area contributed by atoms with E-state index >= 15 is 0 Å². The topological polar surface area (TPSA) is 41.1 Å². The summed E-state index contributed by atoms with van der Waals surface area (Å²) in [5, 5.41) is 3.37.